The number of rotatable bonds is 3. The summed E-state index contributed by atoms with van der Waals surface area (Å²) in [6, 6.07) is 7.45. The molecule has 2 rings (SSSR count). The molecule has 3 heteroatoms. The molecule has 0 amide bonds. The average molecular weight is 201 g/mol. The second-order valence-electron chi connectivity index (χ2n) is 3.35. The van der Waals surface area contributed by atoms with Gasteiger partial charge in [0, 0.05) is 23.5 Å². The number of benzene rings is 1. The van der Waals surface area contributed by atoms with Crippen molar-refractivity contribution < 1.29 is 9.59 Å². The first kappa shape index (κ1) is 9.65. The van der Waals surface area contributed by atoms with Crippen LogP contribution in [0.3, 0.4) is 0 Å². The SMILES string of the molecule is CCC(=O)C(=O)c1c[nH]c2ccccc12. The van der Waals surface area contributed by atoms with Crippen LogP contribution in [-0.4, -0.2) is 16.6 Å². The molecule has 1 aromatic carbocycles. The second kappa shape index (κ2) is 3.69. The molecule has 76 valence electrons. The molecule has 0 aliphatic heterocycles. The number of aromatic amines is 1. The number of ketones is 2. The molecule has 0 spiro atoms. The highest BCUT2D eigenvalue weighted by atomic mass is 16.2. The Kier molecular flexibility index (Phi) is 2.37. The fourth-order valence-electron chi connectivity index (χ4n) is 1.57. The van der Waals surface area contributed by atoms with Gasteiger partial charge < -0.3 is 4.98 Å². The number of hydrogen-bond acceptors (Lipinski definition) is 2. The van der Waals surface area contributed by atoms with Gasteiger partial charge in [-0.1, -0.05) is 25.1 Å². The first-order chi connectivity index (χ1) is 7.24. The summed E-state index contributed by atoms with van der Waals surface area (Å²) in [6.45, 7) is 1.69. The molecular formula is C12H11NO2. The van der Waals surface area contributed by atoms with Gasteiger partial charge in [0.1, 0.15) is 0 Å². The quantitative estimate of drug-likeness (QED) is 0.612. The molecule has 0 saturated carbocycles. The van der Waals surface area contributed by atoms with Crippen molar-refractivity contribution in [3.05, 3.63) is 36.0 Å². The topological polar surface area (TPSA) is 49.9 Å². The summed E-state index contributed by atoms with van der Waals surface area (Å²) in [6.07, 6.45) is 1.85. The predicted octanol–water partition coefficient (Wildman–Crippen LogP) is 2.33. The number of carbonyl (C=O) groups is 2. The van der Waals surface area contributed by atoms with E-state index in [1.54, 1.807) is 13.1 Å². The number of fused-ring (bicyclic) bond motifs is 1. The van der Waals surface area contributed by atoms with Crippen LogP contribution in [0.5, 0.6) is 0 Å². The van der Waals surface area contributed by atoms with Gasteiger partial charge in [-0.05, 0) is 6.07 Å². The summed E-state index contributed by atoms with van der Waals surface area (Å²) in [5, 5.41) is 0.810. The molecule has 1 N–H and O–H groups in total. The second-order valence-corrected chi connectivity index (χ2v) is 3.35. The van der Waals surface area contributed by atoms with Gasteiger partial charge in [0.25, 0.3) is 0 Å². The molecule has 15 heavy (non-hydrogen) atoms. The average Bonchev–Trinajstić information content (AvgIpc) is 2.70. The summed E-state index contributed by atoms with van der Waals surface area (Å²) < 4.78 is 0. The van der Waals surface area contributed by atoms with Crippen molar-refractivity contribution >= 4 is 22.5 Å². The highest BCUT2D eigenvalue weighted by molar-refractivity contribution is 6.45. The van der Waals surface area contributed by atoms with Crippen molar-refractivity contribution in [3.8, 4) is 0 Å². The van der Waals surface area contributed by atoms with Crippen LogP contribution in [0.1, 0.15) is 23.7 Å². The summed E-state index contributed by atoms with van der Waals surface area (Å²) in [5.41, 5.74) is 1.35. The number of H-pyrrole nitrogens is 1. The van der Waals surface area contributed by atoms with E-state index >= 15 is 0 Å². The predicted molar refractivity (Wildman–Crippen MR) is 57.9 cm³/mol. The summed E-state index contributed by atoms with van der Waals surface area (Å²) in [4.78, 5) is 25.9. The molecule has 0 aliphatic rings. The molecule has 2 aromatic rings. The van der Waals surface area contributed by atoms with Gasteiger partial charge in [-0.3, -0.25) is 9.59 Å². The number of nitrogens with one attached hydrogen (secondary N) is 1. The smallest absolute Gasteiger partial charge is 0.230 e. The molecule has 0 saturated heterocycles. The van der Waals surface area contributed by atoms with Gasteiger partial charge in [0.2, 0.25) is 11.6 Å². The largest absolute Gasteiger partial charge is 0.360 e. The number of hydrogen-bond donors (Lipinski definition) is 1. The minimum atomic E-state index is -0.407. The van der Waals surface area contributed by atoms with Crippen LogP contribution in [0.25, 0.3) is 10.9 Å². The van der Waals surface area contributed by atoms with Crippen molar-refractivity contribution in [1.29, 1.82) is 0 Å². The molecule has 1 aromatic heterocycles. The third-order valence-electron chi connectivity index (χ3n) is 2.41. The van der Waals surface area contributed by atoms with E-state index in [9.17, 15) is 9.59 Å². The molecule has 0 atom stereocenters. The first-order valence-electron chi connectivity index (χ1n) is 4.87. The van der Waals surface area contributed by atoms with E-state index < -0.39 is 5.78 Å². The van der Waals surface area contributed by atoms with Gasteiger partial charge in [-0.25, -0.2) is 0 Å². The maximum Gasteiger partial charge on any atom is 0.230 e. The lowest BCUT2D eigenvalue weighted by Crippen LogP contribution is -2.11. The Labute approximate surface area is 87.1 Å². The molecule has 3 nitrogen and oxygen atoms in total. The monoisotopic (exact) mass is 201 g/mol. The Morgan fingerprint density at radius 3 is 2.73 bits per heavy atom. The lowest BCUT2D eigenvalue weighted by atomic mass is 10.1. The van der Waals surface area contributed by atoms with Crippen LogP contribution in [0.2, 0.25) is 0 Å². The third kappa shape index (κ3) is 1.56. The van der Waals surface area contributed by atoms with Crippen LogP contribution < -0.4 is 0 Å². The van der Waals surface area contributed by atoms with Crippen molar-refractivity contribution in [2.75, 3.05) is 0 Å². The van der Waals surface area contributed by atoms with E-state index in [4.69, 9.17) is 0 Å². The zero-order valence-electron chi connectivity index (χ0n) is 8.41. The number of carbonyl (C=O) groups excluding carboxylic acids is 2. The maximum atomic E-state index is 11.7. The van der Waals surface area contributed by atoms with Crippen LogP contribution in [-0.2, 0) is 4.79 Å². The minimum Gasteiger partial charge on any atom is -0.360 e. The fraction of sp³-hybridized carbons (Fsp3) is 0.167. The highest BCUT2D eigenvalue weighted by Gasteiger charge is 2.17. The molecule has 0 radical (unpaired) electrons. The van der Waals surface area contributed by atoms with E-state index in [0.29, 0.717) is 5.56 Å². The van der Waals surface area contributed by atoms with Crippen LogP contribution >= 0.6 is 0 Å². The number of aromatic nitrogens is 1. The van der Waals surface area contributed by atoms with Crippen LogP contribution in [0.15, 0.2) is 30.5 Å². The zero-order chi connectivity index (χ0) is 10.8. The fourth-order valence-corrected chi connectivity index (χ4v) is 1.57. The normalized spacial score (nSPS) is 10.5. The molecule has 0 fully saturated rings. The van der Waals surface area contributed by atoms with E-state index in [1.165, 1.54) is 0 Å². The minimum absolute atomic E-state index is 0.248. The molecule has 1 heterocycles. The first-order valence-corrected chi connectivity index (χ1v) is 4.87. The van der Waals surface area contributed by atoms with Crippen LogP contribution in [0, 0.1) is 0 Å². The van der Waals surface area contributed by atoms with E-state index in [2.05, 4.69) is 4.98 Å². The van der Waals surface area contributed by atoms with Gasteiger partial charge in [0.05, 0.1) is 5.56 Å². The van der Waals surface area contributed by atoms with Gasteiger partial charge in [-0.15, -0.1) is 0 Å². The molecule has 0 bridgehead atoms. The summed E-state index contributed by atoms with van der Waals surface area (Å²) in [7, 11) is 0. The molecule has 0 unspecified atom stereocenters. The van der Waals surface area contributed by atoms with Gasteiger partial charge >= 0.3 is 0 Å². The highest BCUT2D eigenvalue weighted by Crippen LogP contribution is 2.18. The third-order valence-corrected chi connectivity index (χ3v) is 2.41. The molecular weight excluding hydrogens is 190 g/mol. The van der Waals surface area contributed by atoms with Gasteiger partial charge in [0.15, 0.2) is 0 Å². The van der Waals surface area contributed by atoms with Crippen molar-refractivity contribution in [3.63, 3.8) is 0 Å². The van der Waals surface area contributed by atoms with E-state index in [-0.39, 0.29) is 12.2 Å². The summed E-state index contributed by atoms with van der Waals surface area (Å²) in [5.74, 6) is -0.755. The standard InChI is InChI=1S/C12H11NO2/c1-2-11(14)12(15)9-7-13-10-6-4-3-5-8(9)10/h3-7,13H,2H2,1H3. The summed E-state index contributed by atoms with van der Waals surface area (Å²) >= 11 is 0. The zero-order valence-corrected chi connectivity index (χ0v) is 8.41. The Morgan fingerprint density at radius 1 is 1.27 bits per heavy atom. The Bertz CT molecular complexity index is 525. The van der Waals surface area contributed by atoms with Crippen LogP contribution in [0.4, 0.5) is 0 Å². The maximum absolute atomic E-state index is 11.7. The van der Waals surface area contributed by atoms with Crippen molar-refractivity contribution in [2.45, 2.75) is 13.3 Å². The van der Waals surface area contributed by atoms with E-state index in [1.807, 2.05) is 24.3 Å². The molecule has 0 aliphatic carbocycles. The Hall–Kier alpha value is -1.90. The van der Waals surface area contributed by atoms with Crippen molar-refractivity contribution in [1.82, 2.24) is 4.98 Å². The number of Topliss-reactive ketones (excluding diaryl/α,β-unsaturated/α-hetero) is 2. The lowest BCUT2D eigenvalue weighted by Gasteiger charge is -1.95. The Morgan fingerprint density at radius 2 is 2.00 bits per heavy atom. The van der Waals surface area contributed by atoms with Crippen molar-refractivity contribution in [2.24, 2.45) is 0 Å². The Balaban J connectivity index is 2.53. The van der Waals surface area contributed by atoms with Gasteiger partial charge in [-0.2, -0.15) is 0 Å². The number of para-hydroxylation sites is 1. The lowest BCUT2D eigenvalue weighted by molar-refractivity contribution is -0.114. The van der Waals surface area contributed by atoms with E-state index in [0.717, 1.165) is 10.9 Å².